The molecule has 3 heteroatoms. The van der Waals surface area contributed by atoms with Gasteiger partial charge in [0.2, 0.25) is 0 Å². The van der Waals surface area contributed by atoms with Crippen LogP contribution < -0.4 is 17.0 Å². The van der Waals surface area contributed by atoms with Gasteiger partial charge >= 0.3 is 0 Å². The second-order valence-corrected chi connectivity index (χ2v) is 2.07. The van der Waals surface area contributed by atoms with Gasteiger partial charge in [-0.15, -0.1) is 0 Å². The van der Waals surface area contributed by atoms with Gasteiger partial charge in [0, 0.05) is 30.9 Å². The third-order valence-electron chi connectivity index (χ3n) is 0.889. The molecule has 0 aromatic heterocycles. The Morgan fingerprint density at radius 2 is 2.00 bits per heavy atom. The van der Waals surface area contributed by atoms with Gasteiger partial charge in [0.05, 0.1) is 0 Å². The largest absolute Gasteiger partial charge is 1.00 e. The SMILES string of the molecule is C=C1[CH]C(Cl)=CC=C1.[Br-].[Zn]. The summed E-state index contributed by atoms with van der Waals surface area (Å²) in [5.41, 5.74) is 0.956. The molecule has 0 atom stereocenters. The number of hydrogen-bond acceptors (Lipinski definition) is 0. The van der Waals surface area contributed by atoms with Gasteiger partial charge in [-0.3, -0.25) is 0 Å². The summed E-state index contributed by atoms with van der Waals surface area (Å²) in [5, 5.41) is 0.748. The van der Waals surface area contributed by atoms with E-state index >= 15 is 0 Å². The maximum atomic E-state index is 5.60. The fraction of sp³-hybridized carbons (Fsp3) is 0. The van der Waals surface area contributed by atoms with E-state index in [0.29, 0.717) is 0 Å². The van der Waals surface area contributed by atoms with Crippen molar-refractivity contribution in [3.63, 3.8) is 0 Å². The van der Waals surface area contributed by atoms with Gasteiger partial charge in [-0.05, 0) is 11.6 Å². The third-order valence-corrected chi connectivity index (χ3v) is 1.12. The van der Waals surface area contributed by atoms with Crippen LogP contribution in [0.15, 0.2) is 35.4 Å². The van der Waals surface area contributed by atoms with E-state index in [1.54, 1.807) is 0 Å². The normalized spacial score (nSPS) is 14.9. The van der Waals surface area contributed by atoms with Crippen LogP contribution in [-0.2, 0) is 19.5 Å². The molecule has 0 spiro atoms. The topological polar surface area (TPSA) is 0 Å². The summed E-state index contributed by atoms with van der Waals surface area (Å²) >= 11 is 5.60. The maximum absolute atomic E-state index is 5.60. The zero-order valence-electron chi connectivity index (χ0n) is 5.48. The van der Waals surface area contributed by atoms with Gasteiger partial charge in [-0.25, -0.2) is 0 Å². The molecule has 0 amide bonds. The summed E-state index contributed by atoms with van der Waals surface area (Å²) in [6.45, 7) is 3.70. The van der Waals surface area contributed by atoms with Crippen LogP contribution in [0.1, 0.15) is 0 Å². The second kappa shape index (κ2) is 6.33. The van der Waals surface area contributed by atoms with Crippen molar-refractivity contribution in [1.29, 1.82) is 0 Å². The molecule has 0 fully saturated rings. The Morgan fingerprint density at radius 1 is 1.40 bits per heavy atom. The third kappa shape index (κ3) is 4.43. The molecule has 1 aliphatic carbocycles. The molecule has 0 saturated heterocycles. The fourth-order valence-corrected chi connectivity index (χ4v) is 0.750. The van der Waals surface area contributed by atoms with Crippen LogP contribution in [0.5, 0.6) is 0 Å². The number of rotatable bonds is 0. The first-order valence-corrected chi connectivity index (χ1v) is 2.74. The first kappa shape index (κ1) is 13.2. The summed E-state index contributed by atoms with van der Waals surface area (Å²) in [7, 11) is 0. The van der Waals surface area contributed by atoms with Gasteiger partial charge in [0.25, 0.3) is 0 Å². The molecule has 10 heavy (non-hydrogen) atoms. The van der Waals surface area contributed by atoms with E-state index in [0.717, 1.165) is 10.6 Å². The van der Waals surface area contributed by atoms with E-state index in [4.69, 9.17) is 11.6 Å². The van der Waals surface area contributed by atoms with Crippen LogP contribution in [0.3, 0.4) is 0 Å². The molecule has 0 saturated carbocycles. The van der Waals surface area contributed by atoms with E-state index in [2.05, 4.69) is 6.58 Å². The Balaban J connectivity index is 0. The molecule has 0 aromatic carbocycles. The van der Waals surface area contributed by atoms with E-state index in [-0.39, 0.29) is 36.5 Å². The van der Waals surface area contributed by atoms with Crippen molar-refractivity contribution in [2.45, 2.75) is 0 Å². The molecule has 1 aliphatic rings. The minimum atomic E-state index is 0. The van der Waals surface area contributed by atoms with Crippen LogP contribution in [0.25, 0.3) is 0 Å². The van der Waals surface area contributed by atoms with Crippen molar-refractivity contribution in [1.82, 2.24) is 0 Å². The summed E-state index contributed by atoms with van der Waals surface area (Å²) in [6, 6.07) is 0. The minimum Gasteiger partial charge on any atom is -1.00 e. The van der Waals surface area contributed by atoms with Crippen LogP contribution in [0, 0.1) is 6.42 Å². The molecule has 0 N–H and O–H groups in total. The second-order valence-electron chi connectivity index (χ2n) is 1.63. The van der Waals surface area contributed by atoms with Crippen molar-refractivity contribution in [2.75, 3.05) is 0 Å². The van der Waals surface area contributed by atoms with E-state index in [9.17, 15) is 0 Å². The average Bonchev–Trinajstić information content (AvgIpc) is 1.64. The predicted octanol–water partition coefficient (Wildman–Crippen LogP) is -0.559. The van der Waals surface area contributed by atoms with Gasteiger partial charge < -0.3 is 17.0 Å². The Labute approximate surface area is 89.6 Å². The van der Waals surface area contributed by atoms with Gasteiger partial charge in [-0.1, -0.05) is 30.3 Å². The first-order chi connectivity index (χ1) is 3.79. The Morgan fingerprint density at radius 3 is 2.30 bits per heavy atom. The van der Waals surface area contributed by atoms with Gasteiger partial charge in [-0.2, -0.15) is 0 Å². The van der Waals surface area contributed by atoms with Crippen LogP contribution in [-0.4, -0.2) is 0 Å². The smallest absolute Gasteiger partial charge is 0.0309 e. The molecular formula is C7H6BrClZn-. The summed E-state index contributed by atoms with van der Waals surface area (Å²) in [5.74, 6) is 0. The van der Waals surface area contributed by atoms with E-state index in [1.807, 2.05) is 24.6 Å². The molecule has 0 unspecified atom stereocenters. The van der Waals surface area contributed by atoms with E-state index < -0.39 is 0 Å². The molecule has 0 aromatic rings. The van der Waals surface area contributed by atoms with Crippen LogP contribution >= 0.6 is 11.6 Å². The van der Waals surface area contributed by atoms with Crippen molar-refractivity contribution in [3.8, 4) is 0 Å². The summed E-state index contributed by atoms with van der Waals surface area (Å²) in [6.07, 6.45) is 7.44. The zero-order valence-corrected chi connectivity index (χ0v) is 10.8. The molecule has 1 radical (unpaired) electrons. The molecular weight excluding hydrogens is 265 g/mol. The van der Waals surface area contributed by atoms with E-state index in [1.165, 1.54) is 0 Å². The van der Waals surface area contributed by atoms with Crippen molar-refractivity contribution >= 4 is 11.6 Å². The quantitative estimate of drug-likeness (QED) is 0.518. The molecule has 0 aliphatic heterocycles. The standard InChI is InChI=1S/C7H6Cl.BrH.Zn/c1-6-3-2-4-7(8)5-6;;/h2-5H,1H2;1H;/p-1. The summed E-state index contributed by atoms with van der Waals surface area (Å²) < 4.78 is 0. The Kier molecular flexibility index (Phi) is 8.37. The van der Waals surface area contributed by atoms with Gasteiger partial charge in [0.1, 0.15) is 0 Å². The molecule has 0 bridgehead atoms. The predicted molar refractivity (Wildman–Crippen MR) is 36.5 cm³/mol. The summed E-state index contributed by atoms with van der Waals surface area (Å²) in [4.78, 5) is 0. The molecule has 0 heterocycles. The number of allylic oxidation sites excluding steroid dienone is 5. The number of halogens is 2. The first-order valence-electron chi connectivity index (χ1n) is 2.36. The van der Waals surface area contributed by atoms with Crippen molar-refractivity contribution in [3.05, 3.63) is 41.8 Å². The molecule has 1 rings (SSSR count). The van der Waals surface area contributed by atoms with Crippen molar-refractivity contribution in [2.24, 2.45) is 0 Å². The maximum Gasteiger partial charge on any atom is 0.0309 e. The number of hydrogen-bond donors (Lipinski definition) is 0. The molecule has 51 valence electrons. The monoisotopic (exact) mass is 268 g/mol. The average molecular weight is 271 g/mol. The Bertz CT molecular complexity index is 172. The minimum absolute atomic E-state index is 0. The van der Waals surface area contributed by atoms with Crippen molar-refractivity contribution < 1.29 is 36.5 Å². The van der Waals surface area contributed by atoms with Crippen LogP contribution in [0.4, 0.5) is 0 Å². The van der Waals surface area contributed by atoms with Gasteiger partial charge in [0.15, 0.2) is 0 Å². The van der Waals surface area contributed by atoms with Crippen LogP contribution in [0.2, 0.25) is 0 Å². The fourth-order valence-electron chi connectivity index (χ4n) is 0.537. The Hall–Kier alpha value is 0.613. The zero-order chi connectivity index (χ0) is 5.98. The molecule has 0 nitrogen and oxygen atoms in total.